The number of amides is 3. The number of rotatable bonds is 10. The molecule has 0 aromatic carbocycles. The quantitative estimate of drug-likeness (QED) is 0.244. The van der Waals surface area contributed by atoms with Crippen LogP contribution in [0.15, 0.2) is 12.5 Å². The summed E-state index contributed by atoms with van der Waals surface area (Å²) in [4.78, 5) is 57.7. The molecule has 12 heteroatoms. The summed E-state index contributed by atoms with van der Waals surface area (Å²) in [6, 6.07) is -3.70. The van der Waals surface area contributed by atoms with Crippen LogP contribution in [-0.4, -0.2) is 80.1 Å². The molecule has 2 rings (SSSR count). The number of thiol groups is 1. The number of carbonyl (C=O) groups is 4. The molecular weight excluding hydrogens is 424 g/mol. The van der Waals surface area contributed by atoms with Crippen molar-refractivity contribution in [1.29, 1.82) is 0 Å². The Morgan fingerprint density at radius 2 is 2.06 bits per heavy atom. The van der Waals surface area contributed by atoms with Gasteiger partial charge in [-0.25, -0.2) is 9.78 Å². The molecular formula is C19H30N6O5S. The Hall–Kier alpha value is -2.60. The minimum absolute atomic E-state index is 0.0237. The first-order valence-electron chi connectivity index (χ1n) is 10.1. The van der Waals surface area contributed by atoms with Gasteiger partial charge in [-0.15, -0.1) is 0 Å². The van der Waals surface area contributed by atoms with E-state index in [1.54, 1.807) is 20.0 Å². The maximum Gasteiger partial charge on any atom is 0.326 e. The van der Waals surface area contributed by atoms with E-state index in [4.69, 9.17) is 5.73 Å². The van der Waals surface area contributed by atoms with E-state index in [-0.39, 0.29) is 18.1 Å². The van der Waals surface area contributed by atoms with Gasteiger partial charge < -0.3 is 31.4 Å². The number of carboxylic acid groups (broad SMARTS) is 1. The van der Waals surface area contributed by atoms with E-state index < -0.39 is 47.9 Å². The van der Waals surface area contributed by atoms with Gasteiger partial charge in [0.05, 0.1) is 12.4 Å². The first-order valence-corrected chi connectivity index (χ1v) is 10.8. The lowest BCUT2D eigenvalue weighted by molar-refractivity contribution is -0.145. The molecule has 4 unspecified atom stereocenters. The molecule has 0 saturated carbocycles. The molecule has 0 bridgehead atoms. The van der Waals surface area contributed by atoms with Crippen molar-refractivity contribution < 1.29 is 24.3 Å². The Kier molecular flexibility index (Phi) is 8.87. The number of aromatic nitrogens is 2. The number of hydrogen-bond acceptors (Lipinski definition) is 7. The monoisotopic (exact) mass is 454 g/mol. The van der Waals surface area contributed by atoms with Crippen molar-refractivity contribution in [3.05, 3.63) is 18.2 Å². The molecule has 3 amide bonds. The molecule has 11 nitrogen and oxygen atoms in total. The molecule has 1 aromatic rings. The second kappa shape index (κ2) is 11.1. The van der Waals surface area contributed by atoms with Crippen LogP contribution in [0.25, 0.3) is 0 Å². The van der Waals surface area contributed by atoms with Gasteiger partial charge in [-0.1, -0.05) is 13.8 Å². The highest BCUT2D eigenvalue weighted by Gasteiger charge is 2.39. The van der Waals surface area contributed by atoms with Gasteiger partial charge in [-0.3, -0.25) is 14.4 Å². The largest absolute Gasteiger partial charge is 0.480 e. The number of aliphatic carboxylic acids is 1. The summed E-state index contributed by atoms with van der Waals surface area (Å²) in [5.74, 6) is -2.92. The van der Waals surface area contributed by atoms with E-state index in [9.17, 15) is 24.3 Å². The van der Waals surface area contributed by atoms with Crippen LogP contribution in [0.3, 0.4) is 0 Å². The Bertz CT molecular complexity index is 787. The van der Waals surface area contributed by atoms with Gasteiger partial charge in [0.1, 0.15) is 18.1 Å². The van der Waals surface area contributed by atoms with Gasteiger partial charge in [-0.2, -0.15) is 12.6 Å². The van der Waals surface area contributed by atoms with Crippen molar-refractivity contribution in [2.24, 2.45) is 11.7 Å². The number of likely N-dealkylation sites (tertiary alicyclic amines) is 1. The van der Waals surface area contributed by atoms with E-state index in [1.165, 1.54) is 11.2 Å². The number of hydrogen-bond donors (Lipinski definition) is 6. The fourth-order valence-corrected chi connectivity index (χ4v) is 3.70. The first kappa shape index (κ1) is 24.7. The second-order valence-electron chi connectivity index (χ2n) is 7.89. The van der Waals surface area contributed by atoms with Crippen LogP contribution in [0.4, 0.5) is 0 Å². The summed E-state index contributed by atoms with van der Waals surface area (Å²) >= 11 is 4.17. The molecule has 172 valence electrons. The lowest BCUT2D eigenvalue weighted by Gasteiger charge is -2.29. The molecule has 0 aliphatic carbocycles. The fraction of sp³-hybridized carbons (Fsp3) is 0.632. The van der Waals surface area contributed by atoms with Crippen LogP contribution in [0, 0.1) is 5.92 Å². The smallest absolute Gasteiger partial charge is 0.326 e. The molecule has 31 heavy (non-hydrogen) atoms. The summed E-state index contributed by atoms with van der Waals surface area (Å²) in [5.41, 5.74) is 6.61. The third-order valence-electron chi connectivity index (χ3n) is 5.20. The minimum Gasteiger partial charge on any atom is -0.480 e. The zero-order valence-corrected chi connectivity index (χ0v) is 18.5. The molecule has 2 heterocycles. The summed E-state index contributed by atoms with van der Waals surface area (Å²) in [5, 5.41) is 14.4. The maximum atomic E-state index is 13.0. The number of H-pyrrole nitrogens is 1. The Labute approximate surface area is 185 Å². The van der Waals surface area contributed by atoms with Gasteiger partial charge in [0, 0.05) is 30.6 Å². The van der Waals surface area contributed by atoms with E-state index in [2.05, 4.69) is 33.2 Å². The van der Waals surface area contributed by atoms with Gasteiger partial charge in [0.2, 0.25) is 17.7 Å². The second-order valence-corrected chi connectivity index (χ2v) is 8.25. The van der Waals surface area contributed by atoms with Gasteiger partial charge >= 0.3 is 5.97 Å². The number of carboxylic acids is 1. The van der Waals surface area contributed by atoms with Gasteiger partial charge in [0.25, 0.3) is 0 Å². The molecule has 1 saturated heterocycles. The predicted molar refractivity (Wildman–Crippen MR) is 115 cm³/mol. The highest BCUT2D eigenvalue weighted by molar-refractivity contribution is 7.80. The average Bonchev–Trinajstić information content (AvgIpc) is 3.40. The average molecular weight is 455 g/mol. The van der Waals surface area contributed by atoms with Crippen LogP contribution in [-0.2, 0) is 25.6 Å². The van der Waals surface area contributed by atoms with Crippen molar-refractivity contribution in [2.45, 2.75) is 57.3 Å². The highest BCUT2D eigenvalue weighted by Crippen LogP contribution is 2.19. The summed E-state index contributed by atoms with van der Waals surface area (Å²) in [6.07, 6.45) is 4.26. The van der Waals surface area contributed by atoms with E-state index in [0.717, 1.165) is 0 Å². The zero-order valence-electron chi connectivity index (χ0n) is 17.6. The van der Waals surface area contributed by atoms with Crippen LogP contribution in [0.2, 0.25) is 0 Å². The third-order valence-corrected chi connectivity index (χ3v) is 5.56. The molecule has 0 spiro atoms. The standard InChI is InChI=1S/C19H30N6O5S/c1-10(2)15(19(29)30)24-17(27)14-4-3-5-25(14)18(28)13(8-31)23-16(26)12(20)6-11-7-21-9-22-11/h7,9-10,12-15,31H,3-6,8,20H2,1-2H3,(H,21,22)(H,23,26)(H,24,27)(H,29,30). The Balaban J connectivity index is 2.01. The molecule has 0 radical (unpaired) electrons. The van der Waals surface area contributed by atoms with E-state index in [0.29, 0.717) is 25.1 Å². The lowest BCUT2D eigenvalue weighted by atomic mass is 10.0. The summed E-state index contributed by atoms with van der Waals surface area (Å²) < 4.78 is 0. The molecule has 1 aliphatic rings. The van der Waals surface area contributed by atoms with Gasteiger partial charge in [0.15, 0.2) is 0 Å². The zero-order chi connectivity index (χ0) is 23.1. The van der Waals surface area contributed by atoms with Crippen molar-refractivity contribution in [3.63, 3.8) is 0 Å². The highest BCUT2D eigenvalue weighted by atomic mass is 32.1. The number of aromatic amines is 1. The number of nitrogens with zero attached hydrogens (tertiary/aromatic N) is 2. The molecule has 1 fully saturated rings. The third kappa shape index (κ3) is 6.44. The lowest BCUT2D eigenvalue weighted by Crippen LogP contribution is -2.58. The summed E-state index contributed by atoms with van der Waals surface area (Å²) in [7, 11) is 0. The number of imidazole rings is 1. The topological polar surface area (TPSA) is 171 Å². The van der Waals surface area contributed by atoms with Crippen molar-refractivity contribution in [2.75, 3.05) is 12.3 Å². The van der Waals surface area contributed by atoms with Crippen LogP contribution in [0.1, 0.15) is 32.4 Å². The Morgan fingerprint density at radius 3 is 2.61 bits per heavy atom. The molecule has 4 atom stereocenters. The molecule has 1 aromatic heterocycles. The SMILES string of the molecule is CC(C)C(NC(=O)C1CCCN1C(=O)C(CS)NC(=O)C(N)Cc1cnc[nH]1)C(=O)O. The number of nitrogens with one attached hydrogen (secondary N) is 3. The van der Waals surface area contributed by atoms with E-state index in [1.807, 2.05) is 0 Å². The normalized spacial score (nSPS) is 19.0. The van der Waals surface area contributed by atoms with Gasteiger partial charge in [-0.05, 0) is 18.8 Å². The minimum atomic E-state index is -1.13. The number of carbonyl (C=O) groups excluding carboxylic acids is 3. The van der Waals surface area contributed by atoms with Crippen LogP contribution < -0.4 is 16.4 Å². The van der Waals surface area contributed by atoms with Crippen LogP contribution in [0.5, 0.6) is 0 Å². The van der Waals surface area contributed by atoms with Crippen molar-refractivity contribution in [3.8, 4) is 0 Å². The first-order chi connectivity index (χ1) is 14.6. The summed E-state index contributed by atoms with van der Waals surface area (Å²) in [6.45, 7) is 3.71. The molecule has 6 N–H and O–H groups in total. The fourth-order valence-electron chi connectivity index (χ4n) is 3.46. The van der Waals surface area contributed by atoms with E-state index >= 15 is 0 Å². The Morgan fingerprint density at radius 1 is 1.35 bits per heavy atom. The maximum absolute atomic E-state index is 13.0. The number of nitrogens with two attached hydrogens (primary N) is 1. The molecule has 1 aliphatic heterocycles. The van der Waals surface area contributed by atoms with Crippen molar-refractivity contribution in [1.82, 2.24) is 25.5 Å². The van der Waals surface area contributed by atoms with Crippen LogP contribution >= 0.6 is 12.6 Å². The van der Waals surface area contributed by atoms with Crippen molar-refractivity contribution >= 4 is 36.3 Å². The predicted octanol–water partition coefficient (Wildman–Crippen LogP) is -1.09.